The minimum Gasteiger partial charge on any atom is -0.497 e. The highest BCUT2D eigenvalue weighted by molar-refractivity contribution is 5.78. The van der Waals surface area contributed by atoms with Crippen LogP contribution in [0.1, 0.15) is 45.2 Å². The van der Waals surface area contributed by atoms with Gasteiger partial charge >= 0.3 is 0 Å². The number of likely N-dealkylation sites (tertiary alicyclic amines) is 1. The largest absolute Gasteiger partial charge is 0.497 e. The third-order valence-electron chi connectivity index (χ3n) is 4.02. The van der Waals surface area contributed by atoms with Gasteiger partial charge in [-0.3, -0.25) is 9.89 Å². The predicted octanol–water partition coefficient (Wildman–Crippen LogP) is 2.53. The van der Waals surface area contributed by atoms with E-state index in [1.807, 2.05) is 12.1 Å². The van der Waals surface area contributed by atoms with Gasteiger partial charge in [-0.1, -0.05) is 12.1 Å². The molecule has 0 spiro atoms. The molecule has 0 aromatic heterocycles. The number of aliphatic imine (C=N–C) groups is 1. The fraction of sp³-hybridized carbons (Fsp3) is 0.611. The van der Waals surface area contributed by atoms with Crippen molar-refractivity contribution >= 4 is 5.96 Å². The second kappa shape index (κ2) is 7.68. The third kappa shape index (κ3) is 5.43. The van der Waals surface area contributed by atoms with Gasteiger partial charge in [-0.25, -0.2) is 0 Å². The van der Waals surface area contributed by atoms with Crippen LogP contribution in [0.4, 0.5) is 0 Å². The number of hydrogen-bond donors (Lipinski definition) is 2. The SMILES string of the molecule is COc1ccc(C(CN=C(N)NC(C)(C)C)N2CCCC2)cc1. The molecule has 0 bridgehead atoms. The van der Waals surface area contributed by atoms with Gasteiger partial charge in [-0.15, -0.1) is 0 Å². The first-order valence-electron chi connectivity index (χ1n) is 8.35. The number of ether oxygens (including phenoxy) is 1. The van der Waals surface area contributed by atoms with Crippen molar-refractivity contribution in [2.24, 2.45) is 10.7 Å². The highest BCUT2D eigenvalue weighted by atomic mass is 16.5. The van der Waals surface area contributed by atoms with Crippen molar-refractivity contribution in [3.8, 4) is 5.75 Å². The highest BCUT2D eigenvalue weighted by Crippen LogP contribution is 2.27. The second-order valence-corrected chi connectivity index (χ2v) is 7.13. The van der Waals surface area contributed by atoms with E-state index in [0.29, 0.717) is 12.5 Å². The Morgan fingerprint density at radius 1 is 1.26 bits per heavy atom. The lowest BCUT2D eigenvalue weighted by Gasteiger charge is -2.27. The quantitative estimate of drug-likeness (QED) is 0.647. The minimum absolute atomic E-state index is 0.0726. The maximum Gasteiger partial charge on any atom is 0.189 e. The van der Waals surface area contributed by atoms with Crippen molar-refractivity contribution in [1.82, 2.24) is 10.2 Å². The van der Waals surface area contributed by atoms with Gasteiger partial charge in [0.25, 0.3) is 0 Å². The molecule has 0 radical (unpaired) electrons. The molecular weight excluding hydrogens is 288 g/mol. The molecule has 1 aliphatic rings. The van der Waals surface area contributed by atoms with Crippen molar-refractivity contribution in [2.45, 2.75) is 45.2 Å². The second-order valence-electron chi connectivity index (χ2n) is 7.13. The van der Waals surface area contributed by atoms with Crippen molar-refractivity contribution in [2.75, 3.05) is 26.7 Å². The number of nitrogens with two attached hydrogens (primary N) is 1. The summed E-state index contributed by atoms with van der Waals surface area (Å²) >= 11 is 0. The first-order valence-corrected chi connectivity index (χ1v) is 8.35. The van der Waals surface area contributed by atoms with Crippen LogP contribution < -0.4 is 15.8 Å². The van der Waals surface area contributed by atoms with Crippen LogP contribution in [0.3, 0.4) is 0 Å². The van der Waals surface area contributed by atoms with Gasteiger partial charge in [0.05, 0.1) is 19.7 Å². The molecule has 0 aliphatic carbocycles. The van der Waals surface area contributed by atoms with Crippen LogP contribution in [0, 0.1) is 0 Å². The molecule has 128 valence electrons. The number of hydrogen-bond acceptors (Lipinski definition) is 3. The smallest absolute Gasteiger partial charge is 0.189 e. The molecule has 5 nitrogen and oxygen atoms in total. The van der Waals surface area contributed by atoms with E-state index in [1.165, 1.54) is 18.4 Å². The van der Waals surface area contributed by atoms with E-state index in [2.05, 4.69) is 48.1 Å². The monoisotopic (exact) mass is 318 g/mol. The van der Waals surface area contributed by atoms with Gasteiger partial charge in [-0.05, 0) is 64.4 Å². The van der Waals surface area contributed by atoms with Crippen LogP contribution in [-0.2, 0) is 0 Å². The van der Waals surface area contributed by atoms with E-state index in [1.54, 1.807) is 7.11 Å². The highest BCUT2D eigenvalue weighted by Gasteiger charge is 2.23. The molecule has 2 rings (SSSR count). The molecule has 0 saturated carbocycles. The molecule has 1 aliphatic heterocycles. The fourth-order valence-corrected chi connectivity index (χ4v) is 2.92. The molecule has 1 heterocycles. The number of nitrogens with one attached hydrogen (secondary N) is 1. The zero-order valence-corrected chi connectivity index (χ0v) is 14.8. The molecule has 1 saturated heterocycles. The Morgan fingerprint density at radius 3 is 2.39 bits per heavy atom. The van der Waals surface area contributed by atoms with Crippen molar-refractivity contribution in [3.63, 3.8) is 0 Å². The summed E-state index contributed by atoms with van der Waals surface area (Å²) in [5, 5.41) is 3.22. The van der Waals surface area contributed by atoms with E-state index >= 15 is 0 Å². The summed E-state index contributed by atoms with van der Waals surface area (Å²) in [6.45, 7) is 9.16. The van der Waals surface area contributed by atoms with Crippen molar-refractivity contribution in [3.05, 3.63) is 29.8 Å². The van der Waals surface area contributed by atoms with Crippen molar-refractivity contribution < 1.29 is 4.74 Å². The molecule has 3 N–H and O–H groups in total. The topological polar surface area (TPSA) is 62.9 Å². The Hall–Kier alpha value is -1.75. The molecular formula is C18H30N4O. The standard InChI is InChI=1S/C18H30N4O/c1-18(2,3)21-17(19)20-13-16(22-11-5-6-12-22)14-7-9-15(23-4)10-8-14/h7-10,16H,5-6,11-13H2,1-4H3,(H3,19,20,21). The molecule has 1 atom stereocenters. The molecule has 5 heteroatoms. The lowest BCUT2D eigenvalue weighted by Crippen LogP contribution is -2.45. The Labute approximate surface area is 139 Å². The number of methoxy groups -OCH3 is 1. The summed E-state index contributed by atoms with van der Waals surface area (Å²) in [4.78, 5) is 7.08. The summed E-state index contributed by atoms with van der Waals surface area (Å²) in [5.41, 5.74) is 7.22. The lowest BCUT2D eigenvalue weighted by molar-refractivity contribution is 0.251. The van der Waals surface area contributed by atoms with Gasteiger partial charge in [0.2, 0.25) is 0 Å². The molecule has 1 aromatic rings. The molecule has 1 unspecified atom stereocenters. The van der Waals surface area contributed by atoms with Crippen LogP contribution in [0.5, 0.6) is 5.75 Å². The van der Waals surface area contributed by atoms with E-state index in [4.69, 9.17) is 10.5 Å². The summed E-state index contributed by atoms with van der Waals surface area (Å²) in [6, 6.07) is 8.55. The van der Waals surface area contributed by atoms with Crippen LogP contribution in [0.15, 0.2) is 29.3 Å². The minimum atomic E-state index is -0.0726. The predicted molar refractivity (Wildman–Crippen MR) is 95.9 cm³/mol. The van der Waals surface area contributed by atoms with E-state index in [0.717, 1.165) is 18.8 Å². The summed E-state index contributed by atoms with van der Waals surface area (Å²) < 4.78 is 5.26. The summed E-state index contributed by atoms with van der Waals surface area (Å²) in [5.74, 6) is 1.39. The zero-order chi connectivity index (χ0) is 16.9. The summed E-state index contributed by atoms with van der Waals surface area (Å²) in [7, 11) is 1.69. The maximum atomic E-state index is 6.03. The normalized spacial score (nSPS) is 18.0. The van der Waals surface area contributed by atoms with Gasteiger partial charge in [-0.2, -0.15) is 0 Å². The van der Waals surface area contributed by atoms with Gasteiger partial charge in [0.15, 0.2) is 5.96 Å². The Bertz CT molecular complexity index is 513. The molecule has 1 aromatic carbocycles. The van der Waals surface area contributed by atoms with Crippen LogP contribution >= 0.6 is 0 Å². The number of benzene rings is 1. The van der Waals surface area contributed by atoms with Crippen LogP contribution in [0.25, 0.3) is 0 Å². The average molecular weight is 318 g/mol. The van der Waals surface area contributed by atoms with E-state index in [9.17, 15) is 0 Å². The van der Waals surface area contributed by atoms with E-state index in [-0.39, 0.29) is 11.6 Å². The van der Waals surface area contributed by atoms with E-state index < -0.39 is 0 Å². The number of guanidine groups is 1. The zero-order valence-electron chi connectivity index (χ0n) is 14.8. The molecule has 23 heavy (non-hydrogen) atoms. The molecule has 0 amide bonds. The van der Waals surface area contributed by atoms with Gasteiger partial charge in [0, 0.05) is 5.54 Å². The maximum absolute atomic E-state index is 6.03. The third-order valence-corrected chi connectivity index (χ3v) is 4.02. The first kappa shape index (κ1) is 17.6. The number of rotatable bonds is 5. The van der Waals surface area contributed by atoms with Crippen LogP contribution in [0.2, 0.25) is 0 Å². The Kier molecular flexibility index (Phi) is 5.88. The van der Waals surface area contributed by atoms with Crippen LogP contribution in [-0.4, -0.2) is 43.1 Å². The molecule has 1 fully saturated rings. The Balaban J connectivity index is 2.12. The van der Waals surface area contributed by atoms with Gasteiger partial charge in [0.1, 0.15) is 5.75 Å². The number of nitrogens with zero attached hydrogens (tertiary/aromatic N) is 2. The fourth-order valence-electron chi connectivity index (χ4n) is 2.92. The summed E-state index contributed by atoms with van der Waals surface area (Å²) in [6.07, 6.45) is 2.51. The van der Waals surface area contributed by atoms with Gasteiger partial charge < -0.3 is 15.8 Å². The lowest BCUT2D eigenvalue weighted by atomic mass is 10.1. The first-order chi connectivity index (χ1) is 10.9. The van der Waals surface area contributed by atoms with Crippen molar-refractivity contribution in [1.29, 1.82) is 0 Å². The Morgan fingerprint density at radius 2 is 1.87 bits per heavy atom. The average Bonchev–Trinajstić information content (AvgIpc) is 3.00.